The Morgan fingerprint density at radius 2 is 1.02 bits per heavy atom. The highest BCUT2D eigenvalue weighted by Gasteiger charge is 2.29. The van der Waals surface area contributed by atoms with E-state index in [-0.39, 0.29) is 30.5 Å². The van der Waals surface area contributed by atoms with Crippen LogP contribution in [0.5, 0.6) is 0 Å². The molecule has 2 unspecified atom stereocenters. The molecule has 3 atom stereocenters. The average Bonchev–Trinajstić information content (AvgIpc) is 3.14. The summed E-state index contributed by atoms with van der Waals surface area (Å²) in [5, 5.41) is 4.49. The maximum atomic E-state index is 12.9. The highest BCUT2D eigenvalue weighted by atomic mass is 31.2. The maximum absolute atomic E-state index is 12.9. The van der Waals surface area contributed by atoms with Gasteiger partial charge in [-0.1, -0.05) is 141 Å². The molecule has 0 aliphatic carbocycles. The maximum Gasteiger partial charge on any atom is 0.306 e. The molecule has 1 N–H and O–H groups in total. The molecular formula is C44H84NO8P. The van der Waals surface area contributed by atoms with Crippen molar-refractivity contribution < 1.29 is 42.6 Å². The largest absolute Gasteiger partial charge is 0.777 e. The minimum atomic E-state index is -4.66. The Bertz CT molecular complexity index is 1020. The molecule has 0 amide bonds. The van der Waals surface area contributed by atoms with Gasteiger partial charge in [0.2, 0.25) is 1.43 Å². The molecule has 0 rings (SSSR count). The molecular weight excluding hydrogens is 701 g/mol. The predicted molar refractivity (Wildman–Crippen MR) is 222 cm³/mol. The van der Waals surface area contributed by atoms with Crippen LogP contribution in [-0.2, 0) is 28.2 Å². The van der Waals surface area contributed by atoms with E-state index in [9.17, 15) is 19.0 Å². The van der Waals surface area contributed by atoms with E-state index in [0.29, 0.717) is 12.8 Å². The third-order valence-electron chi connectivity index (χ3n) is 9.51. The predicted octanol–water partition coefficient (Wildman–Crippen LogP) is 11.1. The Balaban J connectivity index is 4.53. The quantitative estimate of drug-likeness (QED) is 0.0214. The molecule has 318 valence electrons. The number of ether oxygens (including phenoxy) is 2. The second-order valence-electron chi connectivity index (χ2n) is 16.2. The van der Waals surface area contributed by atoms with Crippen LogP contribution in [0.4, 0.5) is 0 Å². The summed E-state index contributed by atoms with van der Waals surface area (Å²) in [5.74, 6) is -2.40. The highest BCUT2D eigenvalue weighted by molar-refractivity contribution is 7.51. The Morgan fingerprint density at radius 3 is 1.43 bits per heavy atom. The number of likely N-dealkylation sites (N-methyl/N-ethyl adjacent to an activating group) is 1. The third kappa shape index (κ3) is 36.1. The van der Waals surface area contributed by atoms with Crippen molar-refractivity contribution in [3.05, 3.63) is 24.3 Å². The summed E-state index contributed by atoms with van der Waals surface area (Å²) in [5.41, 5.74) is 0. The van der Waals surface area contributed by atoms with Crippen molar-refractivity contribution in [2.24, 2.45) is 0 Å². The molecule has 0 saturated carbocycles. The smallest absolute Gasteiger partial charge is 0.306 e. The van der Waals surface area contributed by atoms with Gasteiger partial charge in [-0.05, 0) is 64.2 Å². The molecule has 0 spiro atoms. The van der Waals surface area contributed by atoms with Crippen molar-refractivity contribution in [3.8, 4) is 0 Å². The lowest BCUT2D eigenvalue weighted by Gasteiger charge is -2.34. The second-order valence-corrected chi connectivity index (χ2v) is 18.1. The molecule has 0 radical (unpaired) electrons. The van der Waals surface area contributed by atoms with Crippen LogP contribution in [0.2, 0.25) is 0 Å². The molecule has 54 heavy (non-hydrogen) atoms. The van der Waals surface area contributed by atoms with Gasteiger partial charge in [0.05, 0.1) is 27.7 Å². The van der Waals surface area contributed by atoms with Gasteiger partial charge in [0, 0.05) is 12.8 Å². The number of rotatable bonds is 40. The van der Waals surface area contributed by atoms with Gasteiger partial charge >= 0.3 is 11.9 Å². The number of nitrogens with zero attached hydrogens (tertiary/aromatic N) is 1. The van der Waals surface area contributed by atoms with Crippen molar-refractivity contribution in [1.29, 1.82) is 1.43 Å². The van der Waals surface area contributed by atoms with Crippen molar-refractivity contribution in [2.75, 3.05) is 40.9 Å². The summed E-state index contributed by atoms with van der Waals surface area (Å²) in [6.07, 6.45) is 38.7. The Hall–Kier alpha value is -1.51. The number of hydrogen-bond donors (Lipinski definition) is 1. The summed E-state index contributed by atoms with van der Waals surface area (Å²) in [4.78, 5) is 38.1. The van der Waals surface area contributed by atoms with Gasteiger partial charge in [-0.25, -0.2) is 0 Å². The molecule has 9 nitrogen and oxygen atoms in total. The van der Waals surface area contributed by atoms with E-state index in [4.69, 9.17) is 15.4 Å². The van der Waals surface area contributed by atoms with Gasteiger partial charge in [-0.3, -0.25) is 9.59 Å². The number of quaternary nitrogens is 1. The van der Waals surface area contributed by atoms with Gasteiger partial charge in [-0.15, -0.1) is 0 Å². The van der Waals surface area contributed by atoms with Crippen LogP contribution in [0.15, 0.2) is 24.3 Å². The zero-order valence-corrected chi connectivity index (χ0v) is 36.4. The topological polar surface area (TPSA) is 122 Å². The standard InChI is InChI=1S/C44H84NO8P/c1-6-8-10-12-14-16-18-20-22-24-26-28-30-32-34-36-42(46)51-39-41(40-52-54(49,50)44(48)38-45(3,4)5)53-43(47)37-35-33-31-29-27-25-23-21-19-17-15-13-11-9-7-2/h20-23,41,44,48H,6-19,24-40H2,1-5H3/b22-20-,23-21-/t41-,44?/m1/s1/i48D. The van der Waals surface area contributed by atoms with E-state index in [0.717, 1.165) is 64.2 Å². The Morgan fingerprint density at radius 1 is 0.630 bits per heavy atom. The Kier molecular flexibility index (Phi) is 33.6. The lowest BCUT2D eigenvalue weighted by atomic mass is 10.1. The zero-order chi connectivity index (χ0) is 40.9. The van der Waals surface area contributed by atoms with E-state index < -0.39 is 38.1 Å². The molecule has 0 bridgehead atoms. The monoisotopic (exact) mass is 787 g/mol. The van der Waals surface area contributed by atoms with Crippen LogP contribution in [0.1, 0.15) is 194 Å². The molecule has 0 aromatic heterocycles. The first kappa shape index (κ1) is 50.5. The number of esters is 2. The highest BCUT2D eigenvalue weighted by Crippen LogP contribution is 2.42. The van der Waals surface area contributed by atoms with Crippen molar-refractivity contribution in [3.63, 3.8) is 0 Å². The number of aliphatic hydroxyl groups is 1. The molecule has 0 aliphatic rings. The van der Waals surface area contributed by atoms with Crippen LogP contribution < -0.4 is 4.89 Å². The molecule has 0 heterocycles. The molecule has 0 aliphatic heterocycles. The van der Waals surface area contributed by atoms with Gasteiger partial charge in [-0.2, -0.15) is 0 Å². The molecule has 0 fully saturated rings. The third-order valence-corrected chi connectivity index (χ3v) is 10.9. The van der Waals surface area contributed by atoms with Gasteiger partial charge < -0.3 is 33.0 Å². The van der Waals surface area contributed by atoms with Crippen molar-refractivity contribution in [1.82, 2.24) is 0 Å². The first-order valence-electron chi connectivity index (χ1n) is 22.4. The lowest BCUT2D eigenvalue weighted by Crippen LogP contribution is -2.43. The van der Waals surface area contributed by atoms with E-state index in [1.54, 1.807) is 21.1 Å². The second kappa shape index (κ2) is 35.9. The first-order valence-corrected chi connectivity index (χ1v) is 23.6. The summed E-state index contributed by atoms with van der Waals surface area (Å²) in [7, 11) is 0.677. The van der Waals surface area contributed by atoms with E-state index in [2.05, 4.69) is 43.3 Å². The zero-order valence-electron chi connectivity index (χ0n) is 36.5. The van der Waals surface area contributed by atoms with E-state index in [1.165, 1.54) is 89.9 Å². The number of aliphatic hydroxyl groups excluding tert-OH is 1. The molecule has 0 aromatic carbocycles. The number of carbonyl (C=O) groups is 2. The average molecular weight is 787 g/mol. The fourth-order valence-electron chi connectivity index (χ4n) is 6.14. The molecule has 0 saturated heterocycles. The number of carbonyl (C=O) groups excluding carboxylic acids is 2. The summed E-state index contributed by atoms with van der Waals surface area (Å²) in [6, 6.07) is 0. The number of hydrogen-bond acceptors (Lipinski definition) is 8. The van der Waals surface area contributed by atoms with Crippen LogP contribution >= 0.6 is 7.60 Å². The van der Waals surface area contributed by atoms with Crippen LogP contribution in [0.25, 0.3) is 0 Å². The minimum Gasteiger partial charge on any atom is -0.777 e. The minimum absolute atomic E-state index is 0.00481. The number of unbranched alkanes of at least 4 members (excludes halogenated alkanes) is 22. The van der Waals surface area contributed by atoms with E-state index >= 15 is 0 Å². The lowest BCUT2D eigenvalue weighted by molar-refractivity contribution is -0.872. The van der Waals surface area contributed by atoms with Crippen molar-refractivity contribution in [2.45, 2.75) is 206 Å². The summed E-state index contributed by atoms with van der Waals surface area (Å²) >= 11 is 0. The van der Waals surface area contributed by atoms with E-state index in [1.807, 2.05) is 0 Å². The Labute approximate surface area is 333 Å². The summed E-state index contributed by atoms with van der Waals surface area (Å²) < 4.78 is 36.6. The van der Waals surface area contributed by atoms with Gasteiger partial charge in [0.25, 0.3) is 0 Å². The molecule has 10 heteroatoms. The summed E-state index contributed by atoms with van der Waals surface area (Å²) in [6.45, 7) is 3.67. The fraction of sp³-hybridized carbons (Fsp3) is 0.864. The van der Waals surface area contributed by atoms with Crippen molar-refractivity contribution >= 4 is 19.5 Å². The van der Waals surface area contributed by atoms with Crippen LogP contribution in [-0.4, -0.2) is 75.8 Å². The number of allylic oxidation sites excluding steroid dienone is 4. The van der Waals surface area contributed by atoms with Crippen LogP contribution in [0, 0.1) is 0 Å². The fourth-order valence-corrected chi connectivity index (χ4v) is 7.37. The van der Waals surface area contributed by atoms with Gasteiger partial charge in [0.15, 0.2) is 19.5 Å². The SMILES string of the molecule is [2H]OC(C[N+](C)(C)C)P(=O)([O-])OC[C@@H](COC(=O)CCCCCCC/C=C\CCCCCCCC)OC(=O)CCCCCCC/C=C\CCCCCCCC. The van der Waals surface area contributed by atoms with Crippen LogP contribution in [0.3, 0.4) is 0 Å². The molecule has 0 aromatic rings. The first-order chi connectivity index (χ1) is 26.4. The normalized spacial score (nSPS) is 14.7. The van der Waals surface area contributed by atoms with Gasteiger partial charge in [0.1, 0.15) is 13.2 Å².